The summed E-state index contributed by atoms with van der Waals surface area (Å²) >= 11 is 0. The standard InChI is InChI=1S/C34H36F2N6O3/c1-2-18-5-3-6-19-11-22(43)12-23(26(18)19)29-28(36)30-27-31(42-15-21-7-8-24(37-21)25(42)16-44-32(27)38-29)40-33(39-30)45-17-34-9-4-10-41(34)14-20(35)13-34/h3,5-6,11-12,20-21,24-25,37,43H,2,4,7-10,13-17H2,1H3/t20-,21-,24+,25-,34+/m0/s1. The molecular formula is C34H36F2N6O3. The van der Waals surface area contributed by atoms with E-state index in [1.807, 2.05) is 25.1 Å². The van der Waals surface area contributed by atoms with E-state index in [0.717, 1.165) is 55.0 Å². The molecule has 2 bridgehead atoms. The van der Waals surface area contributed by atoms with E-state index in [1.165, 1.54) is 0 Å². The largest absolute Gasteiger partial charge is 0.508 e. The van der Waals surface area contributed by atoms with Crippen LogP contribution >= 0.6 is 0 Å². The van der Waals surface area contributed by atoms with Gasteiger partial charge in [0.25, 0.3) is 0 Å². The van der Waals surface area contributed by atoms with Crippen LogP contribution in [0.25, 0.3) is 32.9 Å². The summed E-state index contributed by atoms with van der Waals surface area (Å²) in [4.78, 5) is 18.8. The van der Waals surface area contributed by atoms with Crippen LogP contribution in [0.15, 0.2) is 30.3 Å². The molecule has 5 aliphatic rings. The van der Waals surface area contributed by atoms with Gasteiger partial charge >= 0.3 is 6.01 Å². The zero-order valence-electron chi connectivity index (χ0n) is 25.2. The number of aromatic hydroxyl groups is 1. The van der Waals surface area contributed by atoms with Crippen LogP contribution in [0.2, 0.25) is 0 Å². The van der Waals surface area contributed by atoms with Crippen molar-refractivity contribution in [3.63, 3.8) is 0 Å². The summed E-state index contributed by atoms with van der Waals surface area (Å²) in [5, 5.41) is 16.5. The highest BCUT2D eigenvalue weighted by Gasteiger charge is 2.50. The number of ether oxygens (including phenoxy) is 2. The molecule has 4 aromatic rings. The number of benzene rings is 2. The predicted molar refractivity (Wildman–Crippen MR) is 166 cm³/mol. The Morgan fingerprint density at radius 2 is 2.07 bits per heavy atom. The fourth-order valence-electron chi connectivity index (χ4n) is 8.78. The van der Waals surface area contributed by atoms with Crippen molar-refractivity contribution in [2.24, 2.45) is 0 Å². The number of rotatable bonds is 5. The number of alkyl halides is 1. The van der Waals surface area contributed by atoms with Gasteiger partial charge in [0.15, 0.2) is 5.82 Å². The molecule has 234 valence electrons. The summed E-state index contributed by atoms with van der Waals surface area (Å²) in [6.07, 6.45) is 4.18. The molecule has 2 N–H and O–H groups in total. The fraction of sp³-hybridized carbons (Fsp3) is 0.500. The summed E-state index contributed by atoms with van der Waals surface area (Å²) in [7, 11) is 0. The quantitative estimate of drug-likeness (QED) is 0.325. The number of halogens is 2. The highest BCUT2D eigenvalue weighted by molar-refractivity contribution is 6.03. The Bertz CT molecular complexity index is 1860. The zero-order chi connectivity index (χ0) is 30.4. The number of phenolic OH excluding ortho intramolecular Hbond substituents is 1. The number of aromatic nitrogens is 3. The molecule has 9 nitrogen and oxygen atoms in total. The topological polar surface area (TPSA) is 95.9 Å². The van der Waals surface area contributed by atoms with E-state index in [4.69, 9.17) is 19.4 Å². The molecule has 9 rings (SSSR count). The first-order chi connectivity index (χ1) is 21.9. The summed E-state index contributed by atoms with van der Waals surface area (Å²) < 4.78 is 44.3. The number of fused-ring (bicyclic) bond motifs is 7. The van der Waals surface area contributed by atoms with Gasteiger partial charge < -0.3 is 24.8 Å². The molecule has 11 heteroatoms. The van der Waals surface area contributed by atoms with Gasteiger partial charge in [-0.3, -0.25) is 4.90 Å². The molecular weight excluding hydrogens is 578 g/mol. The number of nitrogens with zero attached hydrogens (tertiary/aromatic N) is 5. The molecule has 0 radical (unpaired) electrons. The van der Waals surface area contributed by atoms with Crippen LogP contribution in [0.1, 0.15) is 44.6 Å². The first-order valence-corrected chi connectivity index (χ1v) is 16.2. The zero-order valence-corrected chi connectivity index (χ0v) is 25.2. The molecule has 2 aromatic heterocycles. The van der Waals surface area contributed by atoms with Gasteiger partial charge in [-0.05, 0) is 67.1 Å². The second-order valence-electron chi connectivity index (χ2n) is 13.4. The smallest absolute Gasteiger partial charge is 0.319 e. The summed E-state index contributed by atoms with van der Waals surface area (Å²) in [6.45, 7) is 4.63. The van der Waals surface area contributed by atoms with Gasteiger partial charge in [-0.2, -0.15) is 9.97 Å². The summed E-state index contributed by atoms with van der Waals surface area (Å²) in [5.41, 5.74) is 1.24. The Kier molecular flexibility index (Phi) is 6.16. The maximum atomic E-state index is 17.0. The van der Waals surface area contributed by atoms with Gasteiger partial charge in [-0.1, -0.05) is 25.1 Å². The van der Waals surface area contributed by atoms with Crippen LogP contribution in [0.4, 0.5) is 14.6 Å². The summed E-state index contributed by atoms with van der Waals surface area (Å²) in [6, 6.07) is 9.68. The van der Waals surface area contributed by atoms with Gasteiger partial charge in [0, 0.05) is 37.2 Å². The lowest BCUT2D eigenvalue weighted by Crippen LogP contribution is -2.60. The van der Waals surface area contributed by atoms with Crippen molar-refractivity contribution < 1.29 is 23.4 Å². The maximum Gasteiger partial charge on any atom is 0.319 e. The fourth-order valence-corrected chi connectivity index (χ4v) is 8.78. The van der Waals surface area contributed by atoms with E-state index in [-0.39, 0.29) is 47.5 Å². The number of pyridine rings is 1. The lowest BCUT2D eigenvalue weighted by molar-refractivity contribution is 0.107. The molecule has 0 spiro atoms. The lowest BCUT2D eigenvalue weighted by atomic mass is 9.95. The van der Waals surface area contributed by atoms with Gasteiger partial charge in [0.1, 0.15) is 47.5 Å². The maximum absolute atomic E-state index is 17.0. The highest BCUT2D eigenvalue weighted by atomic mass is 19.1. The van der Waals surface area contributed by atoms with Crippen molar-refractivity contribution in [3.05, 3.63) is 41.7 Å². The van der Waals surface area contributed by atoms with E-state index < -0.39 is 17.5 Å². The Hall–Kier alpha value is -3.83. The van der Waals surface area contributed by atoms with Gasteiger partial charge in [0.05, 0.1) is 11.6 Å². The molecule has 7 heterocycles. The van der Waals surface area contributed by atoms with Crippen LogP contribution in [-0.2, 0) is 6.42 Å². The normalized spacial score (nSPS) is 28.7. The van der Waals surface area contributed by atoms with Crippen molar-refractivity contribution in [1.82, 2.24) is 25.2 Å². The molecule has 0 unspecified atom stereocenters. The lowest BCUT2D eigenvalue weighted by Gasteiger charge is -2.40. The van der Waals surface area contributed by atoms with E-state index in [9.17, 15) is 9.50 Å². The van der Waals surface area contributed by atoms with Crippen molar-refractivity contribution in [2.75, 3.05) is 37.7 Å². The second-order valence-corrected chi connectivity index (χ2v) is 13.4. The van der Waals surface area contributed by atoms with Gasteiger partial charge in [-0.15, -0.1) is 0 Å². The van der Waals surface area contributed by atoms with Crippen LogP contribution in [0.5, 0.6) is 17.6 Å². The minimum absolute atomic E-state index is 0.0187. The molecule has 0 aliphatic carbocycles. The predicted octanol–water partition coefficient (Wildman–Crippen LogP) is 4.91. The SMILES string of the molecule is CCc1cccc2cc(O)cc(-c3nc4c5c(nc(OC[C@]67CCCN6C[C@@H](F)C7)nc5c3F)N3C[C@@H]5CC[C@@H](N5)[C@@H]3CO4)c12. The molecule has 45 heavy (non-hydrogen) atoms. The Morgan fingerprint density at radius 1 is 1.16 bits per heavy atom. The molecule has 0 amide bonds. The first kappa shape index (κ1) is 27.5. The van der Waals surface area contributed by atoms with E-state index in [1.54, 1.807) is 12.1 Å². The monoisotopic (exact) mass is 614 g/mol. The Labute approximate surface area is 259 Å². The van der Waals surface area contributed by atoms with Crippen LogP contribution in [0, 0.1) is 5.82 Å². The Balaban J connectivity index is 1.24. The van der Waals surface area contributed by atoms with Gasteiger partial charge in [0.2, 0.25) is 5.88 Å². The number of phenols is 1. The average molecular weight is 615 g/mol. The number of hydrogen-bond acceptors (Lipinski definition) is 9. The Morgan fingerprint density at radius 3 is 2.96 bits per heavy atom. The van der Waals surface area contributed by atoms with Crippen molar-refractivity contribution in [1.29, 1.82) is 0 Å². The summed E-state index contributed by atoms with van der Waals surface area (Å²) in [5.74, 6) is 0.240. The number of aryl methyl sites for hydroxylation is 1. The molecule has 0 saturated carbocycles. The van der Waals surface area contributed by atoms with Crippen molar-refractivity contribution in [3.8, 4) is 28.9 Å². The van der Waals surface area contributed by atoms with E-state index in [2.05, 4.69) is 20.1 Å². The van der Waals surface area contributed by atoms with Crippen molar-refractivity contribution >= 4 is 27.5 Å². The third-order valence-corrected chi connectivity index (χ3v) is 10.8. The van der Waals surface area contributed by atoms with Crippen LogP contribution < -0.4 is 19.7 Å². The molecule has 4 saturated heterocycles. The van der Waals surface area contributed by atoms with Crippen LogP contribution in [-0.4, -0.2) is 87.6 Å². The highest BCUT2D eigenvalue weighted by Crippen LogP contribution is 2.45. The number of anilines is 1. The molecule has 4 fully saturated rings. The number of piperazine rings is 1. The molecule has 5 atom stereocenters. The second kappa shape index (κ2) is 10.1. The third kappa shape index (κ3) is 4.19. The average Bonchev–Trinajstić information content (AvgIpc) is 3.67. The van der Waals surface area contributed by atoms with E-state index in [0.29, 0.717) is 48.9 Å². The van der Waals surface area contributed by atoms with Crippen LogP contribution in [0.3, 0.4) is 0 Å². The molecule has 5 aliphatic heterocycles. The van der Waals surface area contributed by atoms with Crippen molar-refractivity contribution in [2.45, 2.75) is 75.3 Å². The number of hydrogen-bond donors (Lipinski definition) is 2. The van der Waals surface area contributed by atoms with E-state index >= 15 is 4.39 Å². The molecule has 2 aromatic carbocycles. The van der Waals surface area contributed by atoms with Gasteiger partial charge in [-0.25, -0.2) is 13.8 Å². The minimum atomic E-state index is -0.885. The minimum Gasteiger partial charge on any atom is -0.508 e. The third-order valence-electron chi connectivity index (χ3n) is 10.8. The number of nitrogens with one attached hydrogen (secondary N) is 1. The first-order valence-electron chi connectivity index (χ1n) is 16.2.